The van der Waals surface area contributed by atoms with E-state index >= 15 is 0 Å². The minimum Gasteiger partial charge on any atom is -0.479 e. The van der Waals surface area contributed by atoms with Gasteiger partial charge in [-0.05, 0) is 13.0 Å². The number of hydrogen-bond acceptors (Lipinski definition) is 5. The summed E-state index contributed by atoms with van der Waals surface area (Å²) in [7, 11) is 1.19. The van der Waals surface area contributed by atoms with Crippen LogP contribution in [0, 0.1) is 15.9 Å². The van der Waals surface area contributed by atoms with E-state index in [1.165, 1.54) is 20.1 Å². The maximum atomic E-state index is 13.2. The van der Waals surface area contributed by atoms with E-state index in [0.717, 1.165) is 12.1 Å². The summed E-state index contributed by atoms with van der Waals surface area (Å²) >= 11 is 0. The molecule has 0 aliphatic heterocycles. The molecule has 0 radical (unpaired) electrons. The molecule has 1 rings (SSSR count). The van der Waals surface area contributed by atoms with E-state index in [1.54, 1.807) is 0 Å². The Morgan fingerprint density at radius 3 is 2.65 bits per heavy atom. The van der Waals surface area contributed by atoms with Crippen molar-refractivity contribution in [3.8, 4) is 5.75 Å². The van der Waals surface area contributed by atoms with Crippen molar-refractivity contribution in [3.63, 3.8) is 0 Å². The van der Waals surface area contributed by atoms with Gasteiger partial charge in [-0.15, -0.1) is 0 Å². The van der Waals surface area contributed by atoms with Crippen molar-refractivity contribution >= 4 is 11.7 Å². The van der Waals surface area contributed by atoms with Crippen molar-refractivity contribution in [2.75, 3.05) is 7.11 Å². The molecule has 0 heterocycles. The predicted octanol–water partition coefficient (Wildman–Crippen LogP) is 1.67. The number of benzene rings is 1. The summed E-state index contributed by atoms with van der Waals surface area (Å²) in [4.78, 5) is 20.5. The minimum atomic E-state index is -1.02. The Bertz CT molecular complexity index is 448. The zero-order chi connectivity index (χ0) is 13.0. The smallest absolute Gasteiger partial charge is 0.346 e. The Morgan fingerprint density at radius 2 is 2.18 bits per heavy atom. The molecule has 0 N–H and O–H groups in total. The molecule has 17 heavy (non-hydrogen) atoms. The molecular weight excluding hydrogens is 233 g/mol. The van der Waals surface area contributed by atoms with Gasteiger partial charge in [-0.1, -0.05) is 0 Å². The minimum absolute atomic E-state index is 0.0194. The molecule has 6 nitrogen and oxygen atoms in total. The number of hydrogen-bond donors (Lipinski definition) is 0. The van der Waals surface area contributed by atoms with Crippen LogP contribution in [0.3, 0.4) is 0 Å². The molecule has 0 aliphatic rings. The van der Waals surface area contributed by atoms with Gasteiger partial charge < -0.3 is 9.47 Å². The fourth-order valence-corrected chi connectivity index (χ4v) is 1.13. The van der Waals surface area contributed by atoms with E-state index in [1.807, 2.05) is 0 Å². The molecule has 1 aromatic rings. The van der Waals surface area contributed by atoms with E-state index in [0.29, 0.717) is 0 Å². The monoisotopic (exact) mass is 243 g/mol. The zero-order valence-electron chi connectivity index (χ0n) is 9.18. The lowest BCUT2D eigenvalue weighted by Crippen LogP contribution is -2.24. The summed E-state index contributed by atoms with van der Waals surface area (Å²) < 4.78 is 22.7. The Kier molecular flexibility index (Phi) is 3.97. The molecule has 1 aromatic carbocycles. The number of rotatable bonds is 4. The van der Waals surface area contributed by atoms with Crippen LogP contribution < -0.4 is 4.74 Å². The number of nitrogens with zero attached hydrogens (tertiary/aromatic N) is 1. The topological polar surface area (TPSA) is 78.7 Å². The standard InChI is InChI=1S/C10H10FNO5/c1-6(10(13)16-2)17-7-3-4-9(12(14)15)8(11)5-7/h3-6H,1-2H3. The molecular formula is C10H10FNO5. The Morgan fingerprint density at radius 1 is 1.53 bits per heavy atom. The highest BCUT2D eigenvalue weighted by Crippen LogP contribution is 2.23. The lowest BCUT2D eigenvalue weighted by Gasteiger charge is -2.12. The van der Waals surface area contributed by atoms with Crippen molar-refractivity contribution in [1.82, 2.24) is 0 Å². The number of nitro benzene ring substituents is 1. The largest absolute Gasteiger partial charge is 0.479 e. The number of carbonyl (C=O) groups excluding carboxylic acids is 1. The van der Waals surface area contributed by atoms with E-state index < -0.39 is 28.5 Å². The average molecular weight is 243 g/mol. The summed E-state index contributed by atoms with van der Waals surface area (Å²) in [5.41, 5.74) is -0.650. The van der Waals surface area contributed by atoms with Gasteiger partial charge in [-0.2, -0.15) is 4.39 Å². The molecule has 1 atom stereocenters. The first kappa shape index (κ1) is 12.9. The van der Waals surface area contributed by atoms with Crippen molar-refractivity contribution in [1.29, 1.82) is 0 Å². The molecule has 92 valence electrons. The third-order valence-electron chi connectivity index (χ3n) is 1.96. The first-order valence-corrected chi connectivity index (χ1v) is 4.64. The van der Waals surface area contributed by atoms with Crippen LogP contribution in [0.5, 0.6) is 5.75 Å². The van der Waals surface area contributed by atoms with Gasteiger partial charge in [0.1, 0.15) is 5.75 Å². The number of nitro groups is 1. The van der Waals surface area contributed by atoms with Crippen LogP contribution in [-0.2, 0) is 9.53 Å². The van der Waals surface area contributed by atoms with Crippen LogP contribution >= 0.6 is 0 Å². The van der Waals surface area contributed by atoms with Crippen LogP contribution in [0.15, 0.2) is 18.2 Å². The molecule has 0 saturated carbocycles. The second-order valence-corrected chi connectivity index (χ2v) is 3.15. The molecule has 1 unspecified atom stereocenters. The van der Waals surface area contributed by atoms with Gasteiger partial charge in [-0.25, -0.2) is 4.79 Å². The van der Waals surface area contributed by atoms with Crippen molar-refractivity contribution in [3.05, 3.63) is 34.1 Å². The third kappa shape index (κ3) is 3.13. The predicted molar refractivity (Wildman–Crippen MR) is 55.2 cm³/mol. The maximum absolute atomic E-state index is 13.2. The highest BCUT2D eigenvalue weighted by Gasteiger charge is 2.18. The molecule has 0 aromatic heterocycles. The number of esters is 1. The second-order valence-electron chi connectivity index (χ2n) is 3.15. The summed E-state index contributed by atoms with van der Waals surface area (Å²) in [5.74, 6) is -1.63. The number of halogens is 1. The summed E-state index contributed by atoms with van der Waals surface area (Å²) in [6, 6.07) is 3.02. The Hall–Kier alpha value is -2.18. The first-order valence-electron chi connectivity index (χ1n) is 4.64. The zero-order valence-corrected chi connectivity index (χ0v) is 9.18. The van der Waals surface area contributed by atoms with Crippen LogP contribution in [0.4, 0.5) is 10.1 Å². The molecule has 0 saturated heterocycles. The summed E-state index contributed by atoms with van der Waals surface area (Å²) in [6.45, 7) is 1.42. The number of carbonyl (C=O) groups is 1. The van der Waals surface area contributed by atoms with E-state index in [4.69, 9.17) is 4.74 Å². The van der Waals surface area contributed by atoms with Crippen LogP contribution in [-0.4, -0.2) is 24.1 Å². The third-order valence-corrected chi connectivity index (χ3v) is 1.96. The highest BCUT2D eigenvalue weighted by molar-refractivity contribution is 5.74. The number of ether oxygens (including phenoxy) is 2. The van der Waals surface area contributed by atoms with Crippen LogP contribution in [0.25, 0.3) is 0 Å². The lowest BCUT2D eigenvalue weighted by molar-refractivity contribution is -0.387. The maximum Gasteiger partial charge on any atom is 0.346 e. The second kappa shape index (κ2) is 5.24. The van der Waals surface area contributed by atoms with Crippen molar-refractivity contribution < 1.29 is 23.6 Å². The SMILES string of the molecule is COC(=O)C(C)Oc1ccc([N+](=O)[O-])c(F)c1. The van der Waals surface area contributed by atoms with Crippen LogP contribution in [0.1, 0.15) is 6.92 Å². The van der Waals surface area contributed by atoms with Crippen LogP contribution in [0.2, 0.25) is 0 Å². The fourth-order valence-electron chi connectivity index (χ4n) is 1.13. The van der Waals surface area contributed by atoms with Gasteiger partial charge in [0.2, 0.25) is 5.82 Å². The Balaban J connectivity index is 2.84. The van der Waals surface area contributed by atoms with Gasteiger partial charge in [0.15, 0.2) is 6.10 Å². The highest BCUT2D eigenvalue weighted by atomic mass is 19.1. The molecule has 0 aliphatic carbocycles. The molecule has 0 fully saturated rings. The van der Waals surface area contributed by atoms with Gasteiger partial charge in [0, 0.05) is 12.1 Å². The number of methoxy groups -OCH3 is 1. The van der Waals surface area contributed by atoms with E-state index in [2.05, 4.69) is 4.74 Å². The van der Waals surface area contributed by atoms with Crippen molar-refractivity contribution in [2.24, 2.45) is 0 Å². The van der Waals surface area contributed by atoms with Crippen molar-refractivity contribution in [2.45, 2.75) is 13.0 Å². The van der Waals surface area contributed by atoms with Gasteiger partial charge >= 0.3 is 11.7 Å². The molecule has 7 heteroatoms. The Labute approximate surface area is 96.1 Å². The van der Waals surface area contributed by atoms with Gasteiger partial charge in [-0.3, -0.25) is 10.1 Å². The summed E-state index contributed by atoms with van der Waals surface area (Å²) in [5, 5.41) is 10.4. The van der Waals surface area contributed by atoms with Gasteiger partial charge in [0.25, 0.3) is 0 Å². The molecule has 0 spiro atoms. The fraction of sp³-hybridized carbons (Fsp3) is 0.300. The van der Waals surface area contributed by atoms with E-state index in [9.17, 15) is 19.3 Å². The lowest BCUT2D eigenvalue weighted by atomic mass is 10.3. The average Bonchev–Trinajstić information content (AvgIpc) is 2.27. The first-order chi connectivity index (χ1) is 7.95. The summed E-state index contributed by atoms with van der Waals surface area (Å²) in [6.07, 6.45) is -0.916. The molecule has 0 amide bonds. The van der Waals surface area contributed by atoms with Gasteiger partial charge in [0.05, 0.1) is 12.0 Å². The quantitative estimate of drug-likeness (QED) is 0.456. The normalized spacial score (nSPS) is 11.7. The van der Waals surface area contributed by atoms with E-state index in [-0.39, 0.29) is 5.75 Å². The molecule has 0 bridgehead atoms.